The van der Waals surface area contributed by atoms with Gasteiger partial charge in [-0.3, -0.25) is 9.59 Å². The van der Waals surface area contributed by atoms with Crippen molar-refractivity contribution in [1.82, 2.24) is 0 Å². The maximum atomic E-state index is 11.8. The normalized spacial score (nSPS) is 20.3. The van der Waals surface area contributed by atoms with Crippen molar-refractivity contribution >= 4 is 11.6 Å². The van der Waals surface area contributed by atoms with E-state index in [0.717, 1.165) is 6.92 Å². The van der Waals surface area contributed by atoms with Crippen molar-refractivity contribution in [3.05, 3.63) is 0 Å². The molecule has 2 nitrogen and oxygen atoms in total. The Bertz CT molecular complexity index is 238. The van der Waals surface area contributed by atoms with E-state index in [1.807, 2.05) is 0 Å². The van der Waals surface area contributed by atoms with Crippen LogP contribution in [0.5, 0.6) is 0 Å². The first kappa shape index (κ1) is 9.22. The molecule has 1 rings (SSSR count). The van der Waals surface area contributed by atoms with Crippen LogP contribution in [0.2, 0.25) is 0 Å². The highest BCUT2D eigenvalue weighted by Gasteiger charge is 2.62. The zero-order valence-corrected chi connectivity index (χ0v) is 6.36. The van der Waals surface area contributed by atoms with Crippen molar-refractivity contribution in [3.63, 3.8) is 0 Å². The predicted molar refractivity (Wildman–Crippen MR) is 33.4 cm³/mol. The number of halogens is 3. The Morgan fingerprint density at radius 1 is 1.25 bits per heavy atom. The van der Waals surface area contributed by atoms with Crippen molar-refractivity contribution in [2.45, 2.75) is 25.9 Å². The van der Waals surface area contributed by atoms with Gasteiger partial charge in [0, 0.05) is 0 Å². The zero-order chi connectivity index (χ0) is 9.57. The molecule has 0 spiro atoms. The minimum atomic E-state index is -4.87. The number of hydrogen-bond donors (Lipinski definition) is 0. The van der Waals surface area contributed by atoms with Gasteiger partial charge in [0.15, 0.2) is 0 Å². The molecule has 0 aromatic heterocycles. The first-order chi connectivity index (χ1) is 5.31. The van der Waals surface area contributed by atoms with Crippen LogP contribution in [0, 0.1) is 5.41 Å². The van der Waals surface area contributed by atoms with E-state index in [2.05, 4.69) is 0 Å². The van der Waals surface area contributed by atoms with Crippen LogP contribution in [-0.4, -0.2) is 17.7 Å². The second kappa shape index (κ2) is 2.31. The summed E-state index contributed by atoms with van der Waals surface area (Å²) in [6.07, 6.45) is -4.79. The van der Waals surface area contributed by atoms with E-state index in [1.165, 1.54) is 0 Å². The summed E-state index contributed by atoms with van der Waals surface area (Å²) in [6, 6.07) is 0. The Labute approximate surface area is 66.7 Å². The summed E-state index contributed by atoms with van der Waals surface area (Å²) >= 11 is 0. The van der Waals surface area contributed by atoms with Gasteiger partial charge in [-0.2, -0.15) is 13.2 Å². The highest BCUT2D eigenvalue weighted by atomic mass is 19.4. The minimum Gasteiger partial charge on any atom is -0.299 e. The smallest absolute Gasteiger partial charge is 0.299 e. The fraction of sp³-hybridized carbons (Fsp3) is 0.714. The largest absolute Gasteiger partial charge is 0.451 e. The molecule has 0 aliphatic heterocycles. The monoisotopic (exact) mass is 180 g/mol. The molecule has 1 aliphatic rings. The lowest BCUT2D eigenvalue weighted by Crippen LogP contribution is -2.35. The summed E-state index contributed by atoms with van der Waals surface area (Å²) < 4.78 is 35.5. The molecule has 0 aromatic carbocycles. The lowest BCUT2D eigenvalue weighted by molar-refractivity contribution is -0.178. The van der Waals surface area contributed by atoms with E-state index in [0.29, 0.717) is 0 Å². The van der Waals surface area contributed by atoms with Gasteiger partial charge >= 0.3 is 6.18 Å². The van der Waals surface area contributed by atoms with Crippen LogP contribution in [0.25, 0.3) is 0 Å². The van der Waals surface area contributed by atoms with E-state index < -0.39 is 23.2 Å². The van der Waals surface area contributed by atoms with Gasteiger partial charge in [-0.15, -0.1) is 0 Å². The summed E-state index contributed by atoms with van der Waals surface area (Å²) in [7, 11) is 0. The number of rotatable bonds is 2. The molecule has 0 saturated heterocycles. The fourth-order valence-electron chi connectivity index (χ4n) is 1.14. The Kier molecular flexibility index (Phi) is 1.77. The molecular weight excluding hydrogens is 173 g/mol. The lowest BCUT2D eigenvalue weighted by Gasteiger charge is -2.11. The second-order valence-corrected chi connectivity index (χ2v) is 2.97. The molecule has 1 aliphatic carbocycles. The first-order valence-corrected chi connectivity index (χ1v) is 3.43. The molecule has 0 atom stereocenters. The number of carbonyl (C=O) groups is 2. The van der Waals surface area contributed by atoms with Gasteiger partial charge in [-0.1, -0.05) is 0 Å². The third kappa shape index (κ3) is 1.23. The summed E-state index contributed by atoms with van der Waals surface area (Å²) in [5, 5.41) is 0. The molecule has 0 bridgehead atoms. The number of alkyl halides is 3. The molecule has 0 unspecified atom stereocenters. The quantitative estimate of drug-likeness (QED) is 0.603. The van der Waals surface area contributed by atoms with E-state index in [4.69, 9.17) is 0 Å². The fourth-order valence-corrected chi connectivity index (χ4v) is 1.14. The first-order valence-electron chi connectivity index (χ1n) is 3.43. The van der Waals surface area contributed by atoms with E-state index >= 15 is 0 Å². The molecule has 0 aromatic rings. The van der Waals surface area contributed by atoms with Gasteiger partial charge in [0.1, 0.15) is 5.78 Å². The van der Waals surface area contributed by atoms with Gasteiger partial charge in [0.05, 0.1) is 5.41 Å². The number of ketones is 2. The van der Waals surface area contributed by atoms with Crippen molar-refractivity contribution in [1.29, 1.82) is 0 Å². The van der Waals surface area contributed by atoms with E-state index in [-0.39, 0.29) is 12.8 Å². The Morgan fingerprint density at radius 2 is 1.67 bits per heavy atom. The summed E-state index contributed by atoms with van der Waals surface area (Å²) in [5.74, 6) is -2.56. The molecule has 12 heavy (non-hydrogen) atoms. The SMILES string of the molecule is CC(=O)C1(C(=O)C(F)(F)F)CC1. The highest BCUT2D eigenvalue weighted by Crippen LogP contribution is 2.50. The molecule has 1 fully saturated rings. The predicted octanol–water partition coefficient (Wildman–Crippen LogP) is 1.49. The minimum absolute atomic E-state index is 0.0423. The third-order valence-corrected chi connectivity index (χ3v) is 2.12. The van der Waals surface area contributed by atoms with Crippen molar-refractivity contribution < 1.29 is 22.8 Å². The van der Waals surface area contributed by atoms with Crippen LogP contribution in [0.1, 0.15) is 19.8 Å². The summed E-state index contributed by atoms with van der Waals surface area (Å²) in [4.78, 5) is 21.3. The van der Waals surface area contributed by atoms with Gasteiger partial charge < -0.3 is 0 Å². The number of hydrogen-bond acceptors (Lipinski definition) is 2. The van der Waals surface area contributed by atoms with Gasteiger partial charge in [0.25, 0.3) is 0 Å². The maximum absolute atomic E-state index is 11.8. The maximum Gasteiger partial charge on any atom is 0.451 e. The Hall–Kier alpha value is -0.870. The van der Waals surface area contributed by atoms with Crippen LogP contribution in [-0.2, 0) is 9.59 Å². The van der Waals surface area contributed by atoms with Crippen LogP contribution < -0.4 is 0 Å². The standard InChI is InChI=1S/C7H7F3O2/c1-4(11)6(2-3-6)5(12)7(8,9)10/h2-3H2,1H3. The highest BCUT2D eigenvalue weighted by molar-refractivity contribution is 6.10. The molecule has 0 N–H and O–H groups in total. The molecular formula is C7H7F3O2. The van der Waals surface area contributed by atoms with E-state index in [1.54, 1.807) is 0 Å². The third-order valence-electron chi connectivity index (χ3n) is 2.12. The molecule has 0 amide bonds. The summed E-state index contributed by atoms with van der Waals surface area (Å²) in [6.45, 7) is 1.02. The average molecular weight is 180 g/mol. The van der Waals surface area contributed by atoms with Crippen molar-refractivity contribution in [2.75, 3.05) is 0 Å². The van der Waals surface area contributed by atoms with Crippen molar-refractivity contribution in [2.24, 2.45) is 5.41 Å². The van der Waals surface area contributed by atoms with Gasteiger partial charge in [-0.25, -0.2) is 0 Å². The Balaban J connectivity index is 2.85. The van der Waals surface area contributed by atoms with Crippen LogP contribution in [0.3, 0.4) is 0 Å². The zero-order valence-electron chi connectivity index (χ0n) is 6.36. The average Bonchev–Trinajstić information content (AvgIpc) is 2.62. The molecule has 68 valence electrons. The Morgan fingerprint density at radius 3 is 1.75 bits per heavy atom. The lowest BCUT2D eigenvalue weighted by atomic mass is 9.96. The van der Waals surface area contributed by atoms with Crippen molar-refractivity contribution in [3.8, 4) is 0 Å². The second-order valence-electron chi connectivity index (χ2n) is 2.97. The number of carbonyl (C=O) groups excluding carboxylic acids is 2. The molecule has 0 radical (unpaired) electrons. The van der Waals surface area contributed by atoms with Crippen LogP contribution in [0.15, 0.2) is 0 Å². The molecule has 1 saturated carbocycles. The topological polar surface area (TPSA) is 34.1 Å². The van der Waals surface area contributed by atoms with Gasteiger partial charge in [0.2, 0.25) is 5.78 Å². The van der Waals surface area contributed by atoms with Crippen LogP contribution >= 0.6 is 0 Å². The molecule has 0 heterocycles. The van der Waals surface area contributed by atoms with Gasteiger partial charge in [-0.05, 0) is 19.8 Å². The molecule has 5 heteroatoms. The van der Waals surface area contributed by atoms with E-state index in [9.17, 15) is 22.8 Å². The summed E-state index contributed by atoms with van der Waals surface area (Å²) in [5.41, 5.74) is -1.71. The van der Waals surface area contributed by atoms with Crippen LogP contribution in [0.4, 0.5) is 13.2 Å². The number of Topliss-reactive ketones (excluding diaryl/α,β-unsaturated/α-hetero) is 2.